The minimum atomic E-state index is -1.07. The summed E-state index contributed by atoms with van der Waals surface area (Å²) < 4.78 is 0. The van der Waals surface area contributed by atoms with Crippen molar-refractivity contribution in [2.75, 3.05) is 7.05 Å². The van der Waals surface area contributed by atoms with E-state index in [2.05, 4.69) is 5.32 Å². The van der Waals surface area contributed by atoms with E-state index in [-0.39, 0.29) is 16.3 Å². The molecular formula is C7H7NO3S. The van der Waals surface area contributed by atoms with Gasteiger partial charge in [-0.25, -0.2) is 4.79 Å². The zero-order valence-corrected chi connectivity index (χ0v) is 7.14. The molecule has 0 fully saturated rings. The molecule has 0 unspecified atom stereocenters. The molecule has 5 heteroatoms. The molecule has 4 nitrogen and oxygen atoms in total. The highest BCUT2D eigenvalue weighted by molar-refractivity contribution is 7.12. The number of carbonyl (C=O) groups excluding carboxylic acids is 1. The number of hydrogen-bond acceptors (Lipinski definition) is 3. The van der Waals surface area contributed by atoms with Gasteiger partial charge >= 0.3 is 5.97 Å². The SMILES string of the molecule is CNC(=O)c1sccc1C(=O)O. The van der Waals surface area contributed by atoms with Gasteiger partial charge in [0.05, 0.1) is 5.56 Å². The van der Waals surface area contributed by atoms with E-state index >= 15 is 0 Å². The summed E-state index contributed by atoms with van der Waals surface area (Å²) in [7, 11) is 1.47. The third-order valence-corrected chi connectivity index (χ3v) is 2.24. The molecule has 2 N–H and O–H groups in total. The molecule has 0 aromatic carbocycles. The van der Waals surface area contributed by atoms with E-state index in [1.807, 2.05) is 0 Å². The predicted molar refractivity (Wildman–Crippen MR) is 44.7 cm³/mol. The van der Waals surface area contributed by atoms with Gasteiger partial charge in [-0.05, 0) is 11.4 Å². The molecule has 1 aromatic heterocycles. The standard InChI is InChI=1S/C7H7NO3S/c1-8-6(9)5-4(7(10)11)2-3-12-5/h2-3H,1H3,(H,8,9)(H,10,11). The van der Waals surface area contributed by atoms with Crippen LogP contribution in [0.3, 0.4) is 0 Å². The first-order valence-electron chi connectivity index (χ1n) is 3.19. The minimum absolute atomic E-state index is 0.0550. The Balaban J connectivity index is 3.07. The number of aromatic carboxylic acids is 1. The molecule has 0 radical (unpaired) electrons. The predicted octanol–water partition coefficient (Wildman–Crippen LogP) is 0.806. The van der Waals surface area contributed by atoms with Gasteiger partial charge in [0.25, 0.3) is 5.91 Å². The fraction of sp³-hybridized carbons (Fsp3) is 0.143. The lowest BCUT2D eigenvalue weighted by Gasteiger charge is -1.96. The monoisotopic (exact) mass is 185 g/mol. The number of nitrogens with one attached hydrogen (secondary N) is 1. The number of amides is 1. The van der Waals surface area contributed by atoms with E-state index in [9.17, 15) is 9.59 Å². The third-order valence-electron chi connectivity index (χ3n) is 1.33. The number of carbonyl (C=O) groups is 2. The van der Waals surface area contributed by atoms with Crippen molar-refractivity contribution in [1.29, 1.82) is 0 Å². The fourth-order valence-electron chi connectivity index (χ4n) is 0.767. The van der Waals surface area contributed by atoms with Gasteiger partial charge in [0.15, 0.2) is 0 Å². The molecule has 0 saturated heterocycles. The number of hydrogen-bond donors (Lipinski definition) is 2. The summed E-state index contributed by atoms with van der Waals surface area (Å²) in [5.41, 5.74) is 0.0550. The average Bonchev–Trinajstić information content (AvgIpc) is 2.50. The maximum absolute atomic E-state index is 11.0. The molecule has 0 aliphatic carbocycles. The van der Waals surface area contributed by atoms with E-state index in [0.29, 0.717) is 0 Å². The van der Waals surface area contributed by atoms with E-state index in [4.69, 9.17) is 5.11 Å². The van der Waals surface area contributed by atoms with Gasteiger partial charge in [0.1, 0.15) is 4.88 Å². The van der Waals surface area contributed by atoms with Crippen molar-refractivity contribution in [2.45, 2.75) is 0 Å². The van der Waals surface area contributed by atoms with Gasteiger partial charge in [0.2, 0.25) is 0 Å². The zero-order chi connectivity index (χ0) is 9.14. The molecule has 64 valence electrons. The Kier molecular flexibility index (Phi) is 2.44. The number of carboxylic acids is 1. The van der Waals surface area contributed by atoms with Crippen molar-refractivity contribution in [2.24, 2.45) is 0 Å². The lowest BCUT2D eigenvalue weighted by atomic mass is 10.2. The average molecular weight is 185 g/mol. The van der Waals surface area contributed by atoms with Crippen LogP contribution in [0.5, 0.6) is 0 Å². The smallest absolute Gasteiger partial charge is 0.337 e. The fourth-order valence-corrected chi connectivity index (χ4v) is 1.60. The van der Waals surface area contributed by atoms with Gasteiger partial charge in [-0.2, -0.15) is 0 Å². The summed E-state index contributed by atoms with van der Waals surface area (Å²) in [6, 6.07) is 1.41. The highest BCUT2D eigenvalue weighted by Crippen LogP contribution is 2.16. The molecule has 1 rings (SSSR count). The molecular weight excluding hydrogens is 178 g/mol. The van der Waals surface area contributed by atoms with Gasteiger partial charge in [-0.1, -0.05) is 0 Å². The van der Waals surface area contributed by atoms with Crippen LogP contribution < -0.4 is 5.32 Å². The van der Waals surface area contributed by atoms with E-state index in [1.54, 1.807) is 5.38 Å². The summed E-state index contributed by atoms with van der Waals surface area (Å²) >= 11 is 1.12. The van der Waals surface area contributed by atoms with Crippen molar-refractivity contribution in [3.8, 4) is 0 Å². The Hall–Kier alpha value is -1.36. The lowest BCUT2D eigenvalue weighted by Crippen LogP contribution is -2.18. The Bertz CT molecular complexity index is 318. The summed E-state index contributed by atoms with van der Waals surface area (Å²) in [5.74, 6) is -1.43. The summed E-state index contributed by atoms with van der Waals surface area (Å²) in [4.78, 5) is 21.8. The highest BCUT2D eigenvalue weighted by Gasteiger charge is 2.16. The van der Waals surface area contributed by atoms with Gasteiger partial charge in [-0.3, -0.25) is 4.79 Å². The maximum Gasteiger partial charge on any atom is 0.337 e. The van der Waals surface area contributed by atoms with Crippen LogP contribution in [0.15, 0.2) is 11.4 Å². The van der Waals surface area contributed by atoms with E-state index in [1.165, 1.54) is 13.1 Å². The van der Waals surface area contributed by atoms with Crippen molar-refractivity contribution < 1.29 is 14.7 Å². The summed E-state index contributed by atoms with van der Waals surface area (Å²) in [6.07, 6.45) is 0. The largest absolute Gasteiger partial charge is 0.478 e. The number of carboxylic acid groups (broad SMARTS) is 1. The minimum Gasteiger partial charge on any atom is -0.478 e. The first kappa shape index (κ1) is 8.73. The molecule has 0 atom stereocenters. The van der Waals surface area contributed by atoms with Crippen molar-refractivity contribution in [1.82, 2.24) is 5.32 Å². The Morgan fingerprint density at radius 1 is 1.58 bits per heavy atom. The van der Waals surface area contributed by atoms with Crippen LogP contribution >= 0.6 is 11.3 Å². The molecule has 0 aliphatic heterocycles. The quantitative estimate of drug-likeness (QED) is 0.716. The molecule has 1 amide bonds. The van der Waals surface area contributed by atoms with Crippen LogP contribution in [0.4, 0.5) is 0 Å². The molecule has 12 heavy (non-hydrogen) atoms. The molecule has 0 bridgehead atoms. The second-order valence-electron chi connectivity index (χ2n) is 2.05. The van der Waals surface area contributed by atoms with E-state index in [0.717, 1.165) is 11.3 Å². The number of thiophene rings is 1. The molecule has 0 aliphatic rings. The highest BCUT2D eigenvalue weighted by atomic mass is 32.1. The summed E-state index contributed by atoms with van der Waals surface area (Å²) in [5, 5.41) is 12.6. The summed E-state index contributed by atoms with van der Waals surface area (Å²) in [6.45, 7) is 0. The van der Waals surface area contributed by atoms with Gasteiger partial charge in [0, 0.05) is 7.05 Å². The van der Waals surface area contributed by atoms with Gasteiger partial charge in [-0.15, -0.1) is 11.3 Å². The topological polar surface area (TPSA) is 66.4 Å². The van der Waals surface area contributed by atoms with Crippen LogP contribution in [-0.4, -0.2) is 24.0 Å². The number of rotatable bonds is 2. The van der Waals surface area contributed by atoms with Crippen LogP contribution in [0.2, 0.25) is 0 Å². The van der Waals surface area contributed by atoms with Crippen LogP contribution in [0.25, 0.3) is 0 Å². The van der Waals surface area contributed by atoms with Crippen LogP contribution in [-0.2, 0) is 0 Å². The van der Waals surface area contributed by atoms with Gasteiger partial charge < -0.3 is 10.4 Å². The maximum atomic E-state index is 11.0. The van der Waals surface area contributed by atoms with Crippen LogP contribution in [0.1, 0.15) is 20.0 Å². The van der Waals surface area contributed by atoms with Crippen molar-refractivity contribution >= 4 is 23.2 Å². The Morgan fingerprint density at radius 2 is 2.25 bits per heavy atom. The molecule has 1 aromatic rings. The zero-order valence-electron chi connectivity index (χ0n) is 6.33. The first-order chi connectivity index (χ1) is 5.66. The Labute approximate surface area is 72.8 Å². The second kappa shape index (κ2) is 3.36. The van der Waals surface area contributed by atoms with Crippen molar-refractivity contribution in [3.05, 3.63) is 21.9 Å². The lowest BCUT2D eigenvalue weighted by molar-refractivity contribution is 0.0692. The Morgan fingerprint density at radius 3 is 2.75 bits per heavy atom. The van der Waals surface area contributed by atoms with E-state index < -0.39 is 5.97 Å². The first-order valence-corrected chi connectivity index (χ1v) is 4.07. The molecule has 0 saturated carbocycles. The molecule has 0 spiro atoms. The van der Waals surface area contributed by atoms with Crippen LogP contribution in [0, 0.1) is 0 Å². The third kappa shape index (κ3) is 1.45. The normalized spacial score (nSPS) is 9.42. The second-order valence-corrected chi connectivity index (χ2v) is 2.96. The molecule has 1 heterocycles. The van der Waals surface area contributed by atoms with Crippen molar-refractivity contribution in [3.63, 3.8) is 0 Å².